The third-order valence-electron chi connectivity index (χ3n) is 4.34. The molecular weight excluding hydrogens is 873 g/mol. The summed E-state index contributed by atoms with van der Waals surface area (Å²) in [5.74, 6) is 0. The zero-order valence-electron chi connectivity index (χ0n) is 26.7. The van der Waals surface area contributed by atoms with Gasteiger partial charge in [0.05, 0.1) is 0 Å². The van der Waals surface area contributed by atoms with Gasteiger partial charge >= 0.3 is 106 Å². The molecule has 0 aromatic carbocycles. The number of aromatic nitrogens is 2. The molecule has 0 saturated carbocycles. The van der Waals surface area contributed by atoms with Gasteiger partial charge in [-0.1, -0.05) is 38.8 Å². The molecule has 0 aliphatic rings. The van der Waals surface area contributed by atoms with E-state index in [1.807, 2.05) is 12.1 Å². The fraction of sp³-hybridized carbons (Fsp3) is 0.565. The number of sulfonamides is 1. The van der Waals surface area contributed by atoms with Crippen molar-refractivity contribution in [2.24, 2.45) is 0 Å². The molecule has 0 aliphatic heterocycles. The summed E-state index contributed by atoms with van der Waals surface area (Å²) in [6.07, 6.45) is -11.0. The molecule has 0 spiro atoms. The van der Waals surface area contributed by atoms with Crippen molar-refractivity contribution in [3.63, 3.8) is 0 Å². The summed E-state index contributed by atoms with van der Waals surface area (Å²) in [5, 5.41) is 0.542. The van der Waals surface area contributed by atoms with E-state index in [2.05, 4.69) is 72.0 Å². The Bertz CT molecular complexity index is 1150. The quantitative estimate of drug-likeness (QED) is 0.171. The number of aryl methyl sites for hydroxylation is 2. The molecule has 0 unspecified atom stereocenters. The van der Waals surface area contributed by atoms with Crippen molar-refractivity contribution in [1.29, 1.82) is 0 Å². The summed E-state index contributed by atoms with van der Waals surface area (Å²) in [7, 11) is -11.2. The molecule has 52 heavy (non-hydrogen) atoms. The molecular formula is C23H28BF20N4O2RbS. The van der Waals surface area contributed by atoms with Gasteiger partial charge in [0.25, 0.3) is 0 Å². The number of pyridine rings is 2. The maximum Gasteiger partial charge on any atom is 1.00 e. The Morgan fingerprint density at radius 2 is 0.827 bits per heavy atom. The molecule has 29 heteroatoms. The molecule has 0 amide bonds. The summed E-state index contributed by atoms with van der Waals surface area (Å²) in [6.45, 7) is 6.72. The minimum absolute atomic E-state index is 0. The van der Waals surface area contributed by atoms with Crippen LogP contribution in [0.2, 0.25) is 0 Å². The Kier molecular flexibility index (Phi) is 34.9. The van der Waals surface area contributed by atoms with Crippen molar-refractivity contribution < 1.29 is 164 Å². The van der Waals surface area contributed by atoms with Crippen LogP contribution in [0.5, 0.6) is 0 Å². The van der Waals surface area contributed by atoms with E-state index >= 15 is 0 Å². The van der Waals surface area contributed by atoms with Gasteiger partial charge in [-0.25, -0.2) is 17.6 Å². The molecule has 0 N–H and O–H groups in total. The van der Waals surface area contributed by atoms with Crippen LogP contribution >= 0.6 is 0 Å². The summed E-state index contributed by atoms with van der Waals surface area (Å²) in [6, 6.07) is 12.3. The Morgan fingerprint density at radius 1 is 0.577 bits per heavy atom. The molecule has 0 atom stereocenters. The monoisotopic (exact) mass is 900 g/mol. The first-order chi connectivity index (χ1) is 21.9. The van der Waals surface area contributed by atoms with Crippen LogP contribution in [0.15, 0.2) is 61.2 Å². The smallest absolute Gasteiger partial charge is 1.00 e. The number of hydrogen-bond acceptors (Lipinski definition) is 2. The number of alkyl halides is 15. The average Bonchev–Trinajstić information content (AvgIpc) is 2.88. The van der Waals surface area contributed by atoms with E-state index in [-0.39, 0.29) is 67.6 Å². The van der Waals surface area contributed by atoms with Gasteiger partial charge in [-0.05, 0) is 4.31 Å². The molecule has 0 saturated heterocycles. The van der Waals surface area contributed by atoms with E-state index < -0.39 is 52.6 Å². The van der Waals surface area contributed by atoms with Crippen LogP contribution in [0.1, 0.15) is 39.5 Å². The number of rotatable bonds is 7. The van der Waals surface area contributed by atoms with Gasteiger partial charge in [0.1, 0.15) is 13.1 Å². The van der Waals surface area contributed by atoms with Crippen LogP contribution in [0.4, 0.5) is 78.8 Å². The van der Waals surface area contributed by atoms with Crippen molar-refractivity contribution in [3.8, 4) is 0 Å². The minimum Gasteiger partial charge on any atom is -1.00 e. The van der Waals surface area contributed by atoms with Crippen LogP contribution in [-0.4, -0.2) is 51.0 Å². The third-order valence-corrected chi connectivity index (χ3v) is 5.82. The maximum absolute atomic E-state index is 11.6. The minimum atomic E-state index is -7.57. The van der Waals surface area contributed by atoms with E-state index in [4.69, 9.17) is 0 Å². The Hall–Kier alpha value is -1.36. The third kappa shape index (κ3) is 35.7. The summed E-state index contributed by atoms with van der Waals surface area (Å²) in [5.41, 5.74) is -6.71. The number of unbranched alkanes of at least 4 members (excludes halogenated alkanes) is 2. The predicted octanol–water partition coefficient (Wildman–Crippen LogP) is 0.0175. The van der Waals surface area contributed by atoms with E-state index in [0.29, 0.717) is 5.32 Å². The van der Waals surface area contributed by atoms with Crippen molar-refractivity contribution in [2.75, 3.05) is 0 Å². The number of hydrogen-bond donors (Lipinski definition) is 0. The molecule has 6 nitrogen and oxygen atoms in total. The molecule has 2 aromatic rings. The fourth-order valence-electron chi connectivity index (χ4n) is 2.51. The van der Waals surface area contributed by atoms with Crippen molar-refractivity contribution in [3.05, 3.63) is 66.5 Å². The van der Waals surface area contributed by atoms with Crippen LogP contribution in [0.25, 0.3) is 5.32 Å². The molecule has 0 radical (unpaired) electrons. The van der Waals surface area contributed by atoms with Crippen LogP contribution in [-0.2, 0) is 23.1 Å². The van der Waals surface area contributed by atoms with Crippen LogP contribution < -0.4 is 76.7 Å². The van der Waals surface area contributed by atoms with E-state index in [1.54, 1.807) is 0 Å². The van der Waals surface area contributed by atoms with E-state index in [0.717, 1.165) is 13.1 Å². The second-order valence-corrected chi connectivity index (χ2v) is 10.2. The van der Waals surface area contributed by atoms with Crippen molar-refractivity contribution in [1.82, 2.24) is 4.31 Å². The average molecular weight is 901 g/mol. The summed E-state index contributed by atoms with van der Waals surface area (Å²) in [4.78, 5) is 0. The first-order valence-electron chi connectivity index (χ1n) is 12.8. The summed E-state index contributed by atoms with van der Waals surface area (Å²) < 4.78 is 218. The van der Waals surface area contributed by atoms with Gasteiger partial charge in [-0.2, -0.15) is 65.9 Å². The Balaban J connectivity index is -0.000000131. The Morgan fingerprint density at radius 3 is 0.962 bits per heavy atom. The molecule has 2 heterocycles. The second-order valence-electron chi connectivity index (χ2n) is 8.38. The molecule has 0 bridgehead atoms. The molecule has 2 rings (SSSR count). The van der Waals surface area contributed by atoms with Crippen molar-refractivity contribution in [2.45, 2.75) is 83.3 Å². The Labute approximate surface area is 333 Å². The van der Waals surface area contributed by atoms with Gasteiger partial charge in [-0.3, -0.25) is 12.9 Å². The van der Waals surface area contributed by atoms with Crippen LogP contribution in [0, 0.1) is 0 Å². The SMILES string of the molecule is CCCC[n+]1ccccc1.CCCC[n+]1ccccc1.FB(F)F.FC(F)(F)[N-]C(F)(F)F.O=S(=O)(N(C(F)(F)F)C(F)(F)F)C(F)(F)F.[F-].[F-].[Rb+]. The topological polar surface area (TPSA) is 59.2 Å². The predicted molar refractivity (Wildman–Crippen MR) is 137 cm³/mol. The second kappa shape index (κ2) is 29.0. The van der Waals surface area contributed by atoms with Gasteiger partial charge in [0.2, 0.25) is 0 Å². The van der Waals surface area contributed by atoms with E-state index in [9.17, 15) is 87.2 Å². The first kappa shape index (κ1) is 62.6. The fourth-order valence-corrected chi connectivity index (χ4v) is 3.26. The van der Waals surface area contributed by atoms with Crippen molar-refractivity contribution >= 4 is 17.6 Å². The van der Waals surface area contributed by atoms with Gasteiger partial charge in [0.15, 0.2) is 24.8 Å². The largest absolute Gasteiger partial charge is 1.00 e. The normalized spacial score (nSPS) is 11.5. The number of halogens is 20. The van der Waals surface area contributed by atoms with Gasteiger partial charge < -0.3 is 14.7 Å². The van der Waals surface area contributed by atoms with Gasteiger partial charge in [0, 0.05) is 37.1 Å². The first-order valence-corrected chi connectivity index (χ1v) is 14.3. The zero-order chi connectivity index (χ0) is 39.3. The molecule has 0 aliphatic carbocycles. The summed E-state index contributed by atoms with van der Waals surface area (Å²) >= 11 is 0. The number of nitrogens with zero attached hydrogens (tertiary/aromatic N) is 4. The molecule has 2 aromatic heterocycles. The van der Waals surface area contributed by atoms with Crippen LogP contribution in [0.3, 0.4) is 0 Å². The van der Waals surface area contributed by atoms with Gasteiger partial charge in [-0.15, -0.1) is 0 Å². The van der Waals surface area contributed by atoms with E-state index in [1.165, 1.54) is 25.7 Å². The molecule has 302 valence electrons. The zero-order valence-corrected chi connectivity index (χ0v) is 32.4. The molecule has 0 fully saturated rings. The maximum atomic E-state index is 11.6. The standard InChI is InChI=1S/2C9H14N.C3F9NO2S.C2F6N.BF3.2FH.Rb/c2*1-2-3-7-10-8-5-4-6-9-10;4-1(5,6)13(2(7,8)9)16(14,15)3(10,11)12;3-1(4,5)9-2(6,7)8;2-1(3)4;;;/h2*4-6,8-9H,2-3,7H2,1H3;;;;2*1H;/q2*+1;;-1;;;;+1/p-2.